The molecule has 0 aromatic carbocycles. The number of esters is 1. The highest BCUT2D eigenvalue weighted by molar-refractivity contribution is 5.81. The molecule has 1 aromatic rings. The molecule has 1 aliphatic heterocycles. The van der Waals surface area contributed by atoms with E-state index in [9.17, 15) is 24.6 Å². The van der Waals surface area contributed by atoms with Crippen LogP contribution in [0.3, 0.4) is 0 Å². The number of nitrogens with two attached hydrogens (primary N) is 1. The maximum Gasteiger partial charge on any atom is 0.351 e. The monoisotopic (exact) mass is 375 g/mol. The zero-order valence-corrected chi connectivity index (χ0v) is 13.2. The second-order valence-electron chi connectivity index (χ2n) is 5.34. The van der Waals surface area contributed by atoms with E-state index in [0.29, 0.717) is 4.57 Å². The third-order valence-corrected chi connectivity index (χ3v) is 3.47. The smallest absolute Gasteiger partial charge is 0.351 e. The molecule has 0 radical (unpaired) electrons. The van der Waals surface area contributed by atoms with Crippen LogP contribution in [0.4, 0.5) is 5.82 Å². The molecule has 13 heteroatoms. The number of aliphatic hydroxyl groups excluding tert-OH is 2. The molecule has 144 valence electrons. The van der Waals surface area contributed by atoms with Gasteiger partial charge in [0.2, 0.25) is 0 Å². The number of nitrogens with one attached hydrogen (secondary N) is 1. The Labute approximate surface area is 146 Å². The molecule has 5 atom stereocenters. The van der Waals surface area contributed by atoms with Crippen LogP contribution in [0.5, 0.6) is 0 Å². The fourth-order valence-electron chi connectivity index (χ4n) is 2.15. The minimum absolute atomic E-state index is 0.217. The van der Waals surface area contributed by atoms with Crippen molar-refractivity contribution < 1.29 is 41.0 Å². The Morgan fingerprint density at radius 2 is 2.19 bits per heavy atom. The molecule has 2 rings (SSSR count). The van der Waals surface area contributed by atoms with E-state index in [4.69, 9.17) is 26.9 Å². The Hall–Kier alpha value is -2.58. The highest BCUT2D eigenvalue weighted by Gasteiger charge is 2.44. The molecule has 0 unspecified atom stereocenters. The van der Waals surface area contributed by atoms with Gasteiger partial charge in [-0.1, -0.05) is 0 Å². The number of rotatable bonds is 7. The van der Waals surface area contributed by atoms with Gasteiger partial charge >= 0.3 is 17.6 Å². The summed E-state index contributed by atoms with van der Waals surface area (Å²) in [5.41, 5.74) is 5.89. The van der Waals surface area contributed by atoms with Gasteiger partial charge in [-0.3, -0.25) is 24.8 Å². The number of anilines is 1. The minimum atomic E-state index is -2.49. The van der Waals surface area contributed by atoms with Crippen LogP contribution in [-0.2, 0) is 19.1 Å². The standard InChI is InChI=1S/C13H18N4O9/c14-5(3-8(18)19)12(22)25-4-6-9(20)10(21)11(26-6)17-2-1-7(16-24)15-13(17)23/h1-2,5-6,9-11,20-21,24H,3-4,14H2,(H,18,19)(H,15,16,23)/t5-,6+,9+,10+,11+/m0/s1/i11D. The zero-order chi connectivity index (χ0) is 20.4. The second kappa shape index (κ2) is 8.20. The van der Waals surface area contributed by atoms with E-state index >= 15 is 0 Å². The van der Waals surface area contributed by atoms with Crippen LogP contribution in [-0.4, -0.2) is 73.0 Å². The highest BCUT2D eigenvalue weighted by atomic mass is 16.6. The molecule has 0 amide bonds. The third kappa shape index (κ3) is 4.33. The number of aliphatic hydroxyl groups is 2. The molecule has 0 bridgehead atoms. The summed E-state index contributed by atoms with van der Waals surface area (Å²) in [6, 6.07) is -0.338. The summed E-state index contributed by atoms with van der Waals surface area (Å²) in [5, 5.41) is 37.5. The van der Waals surface area contributed by atoms with Gasteiger partial charge in [-0.2, -0.15) is 4.98 Å². The van der Waals surface area contributed by atoms with Gasteiger partial charge in [0.15, 0.2) is 12.0 Å². The predicted molar refractivity (Wildman–Crippen MR) is 81.0 cm³/mol. The van der Waals surface area contributed by atoms with Crippen molar-refractivity contribution in [3.63, 3.8) is 0 Å². The molecule has 1 aromatic heterocycles. The van der Waals surface area contributed by atoms with Crippen LogP contribution < -0.4 is 16.9 Å². The zero-order valence-electron chi connectivity index (χ0n) is 14.2. The number of carbonyl (C=O) groups excluding carboxylic acids is 1. The van der Waals surface area contributed by atoms with E-state index in [1.165, 1.54) is 0 Å². The Morgan fingerprint density at radius 1 is 1.50 bits per heavy atom. The number of carbonyl (C=O) groups is 2. The van der Waals surface area contributed by atoms with E-state index in [1.54, 1.807) is 5.48 Å². The van der Waals surface area contributed by atoms with Crippen LogP contribution in [0.2, 0.25) is 0 Å². The largest absolute Gasteiger partial charge is 0.481 e. The van der Waals surface area contributed by atoms with Crippen molar-refractivity contribution in [1.29, 1.82) is 0 Å². The van der Waals surface area contributed by atoms with Gasteiger partial charge in [0.25, 0.3) is 0 Å². The highest BCUT2D eigenvalue weighted by Crippen LogP contribution is 2.28. The van der Waals surface area contributed by atoms with Crippen LogP contribution in [0, 0.1) is 0 Å². The van der Waals surface area contributed by atoms with Crippen molar-refractivity contribution in [3.8, 4) is 0 Å². The number of aromatic nitrogens is 2. The van der Waals surface area contributed by atoms with E-state index in [1.807, 2.05) is 0 Å². The van der Waals surface area contributed by atoms with Crippen molar-refractivity contribution >= 4 is 17.8 Å². The summed E-state index contributed by atoms with van der Waals surface area (Å²) >= 11 is 0. The summed E-state index contributed by atoms with van der Waals surface area (Å²) in [5.74, 6) is -2.61. The maximum absolute atomic E-state index is 12.0. The second-order valence-corrected chi connectivity index (χ2v) is 5.34. The van der Waals surface area contributed by atoms with Crippen LogP contribution in [0.1, 0.15) is 14.0 Å². The molecular formula is C13H18N4O9. The van der Waals surface area contributed by atoms with Crippen LogP contribution in [0.25, 0.3) is 0 Å². The molecule has 1 aliphatic rings. The normalized spacial score (nSPS) is 29.7. The average Bonchev–Trinajstić information content (AvgIpc) is 2.83. The molecule has 1 saturated heterocycles. The van der Waals surface area contributed by atoms with Gasteiger partial charge in [0.05, 0.1) is 7.79 Å². The molecule has 0 spiro atoms. The van der Waals surface area contributed by atoms with Gasteiger partial charge in [-0.05, 0) is 6.07 Å². The summed E-state index contributed by atoms with van der Waals surface area (Å²) in [6.45, 7) is -0.649. The van der Waals surface area contributed by atoms with Crippen molar-refractivity contribution in [3.05, 3.63) is 22.7 Å². The SMILES string of the molecule is [2H][C@@]1(n2ccc(NO)nc2=O)O[C@H](COC(=O)[C@@H](N)CC(=O)O)[C@@H](O)[C@H]1O. The molecule has 1 fully saturated rings. The Bertz CT molecular complexity index is 774. The molecule has 7 N–H and O–H groups in total. The number of hydrogen-bond donors (Lipinski definition) is 6. The summed E-state index contributed by atoms with van der Waals surface area (Å²) in [4.78, 5) is 37.5. The number of nitrogens with zero attached hydrogens (tertiary/aromatic N) is 2. The summed E-state index contributed by atoms with van der Waals surface area (Å²) in [7, 11) is 0. The Morgan fingerprint density at radius 3 is 2.77 bits per heavy atom. The number of hydrogen-bond acceptors (Lipinski definition) is 11. The van der Waals surface area contributed by atoms with Crippen LogP contribution in [0.15, 0.2) is 17.1 Å². The van der Waals surface area contributed by atoms with Gasteiger partial charge in [-0.25, -0.2) is 4.79 Å². The van der Waals surface area contributed by atoms with Gasteiger partial charge in [0, 0.05) is 6.20 Å². The predicted octanol–water partition coefficient (Wildman–Crippen LogP) is -2.99. The van der Waals surface area contributed by atoms with E-state index < -0.39 is 61.2 Å². The molecular weight excluding hydrogens is 356 g/mol. The minimum Gasteiger partial charge on any atom is -0.481 e. The first-order valence-corrected chi connectivity index (χ1v) is 7.28. The van der Waals surface area contributed by atoms with Crippen molar-refractivity contribution in [1.82, 2.24) is 9.55 Å². The van der Waals surface area contributed by atoms with E-state index in [-0.39, 0.29) is 5.82 Å². The van der Waals surface area contributed by atoms with Crippen molar-refractivity contribution in [2.24, 2.45) is 5.73 Å². The third-order valence-electron chi connectivity index (χ3n) is 3.47. The van der Waals surface area contributed by atoms with Crippen LogP contribution >= 0.6 is 0 Å². The van der Waals surface area contributed by atoms with Crippen molar-refractivity contribution in [2.45, 2.75) is 37.0 Å². The quantitative estimate of drug-likeness (QED) is 0.208. The lowest BCUT2D eigenvalue weighted by molar-refractivity contribution is -0.154. The van der Waals surface area contributed by atoms with Crippen molar-refractivity contribution in [2.75, 3.05) is 12.1 Å². The lowest BCUT2D eigenvalue weighted by Gasteiger charge is -2.17. The topological polar surface area (TPSA) is 206 Å². The first-order chi connectivity index (χ1) is 12.6. The summed E-state index contributed by atoms with van der Waals surface area (Å²) in [6.07, 6.45) is -7.20. The molecule has 13 nitrogen and oxygen atoms in total. The first-order valence-electron chi connectivity index (χ1n) is 7.78. The average molecular weight is 375 g/mol. The van der Waals surface area contributed by atoms with Gasteiger partial charge < -0.3 is 30.5 Å². The number of carboxylic acids is 1. The van der Waals surface area contributed by atoms with Gasteiger partial charge in [-0.15, -0.1) is 0 Å². The number of ether oxygens (including phenoxy) is 2. The molecule has 0 aliphatic carbocycles. The maximum atomic E-state index is 12.0. The molecule has 0 saturated carbocycles. The Kier molecular flexibility index (Phi) is 5.75. The van der Waals surface area contributed by atoms with E-state index in [0.717, 1.165) is 12.3 Å². The van der Waals surface area contributed by atoms with E-state index in [2.05, 4.69) is 4.98 Å². The first kappa shape index (κ1) is 18.2. The molecule has 2 heterocycles. The molecule has 26 heavy (non-hydrogen) atoms. The Balaban J connectivity index is 2.12. The lowest BCUT2D eigenvalue weighted by atomic mass is 10.1. The lowest BCUT2D eigenvalue weighted by Crippen LogP contribution is -2.39. The fraction of sp³-hybridized carbons (Fsp3) is 0.538. The fourth-order valence-corrected chi connectivity index (χ4v) is 2.15. The van der Waals surface area contributed by atoms with Gasteiger partial charge in [0.1, 0.15) is 31.0 Å². The summed E-state index contributed by atoms with van der Waals surface area (Å²) < 4.78 is 18.7. The number of carboxylic acid groups (broad SMARTS) is 1. The number of aliphatic carboxylic acids is 1.